The van der Waals surface area contributed by atoms with Crippen LogP contribution in [0.2, 0.25) is 0 Å². The maximum absolute atomic E-state index is 12.6. The summed E-state index contributed by atoms with van der Waals surface area (Å²) in [6.07, 6.45) is 5.55. The number of benzene rings is 2. The molecule has 0 saturated heterocycles. The first-order valence-electron chi connectivity index (χ1n) is 10.4. The molecular weight excluding hydrogens is 458 g/mol. The van der Waals surface area contributed by atoms with Crippen molar-refractivity contribution in [2.45, 2.75) is 51.6 Å². The molecule has 4 nitrogen and oxygen atoms in total. The van der Waals surface area contributed by atoms with Crippen LogP contribution in [0.3, 0.4) is 0 Å². The molecule has 156 valence electrons. The SMILES string of the molecule is Cc1ccc(NC(=O)CSC2=NC3(CCCCC3)N=C2c2ccc(Br)cc2)cc1C. The number of aliphatic imine (C=N–C) groups is 2. The number of nitrogens with zero attached hydrogens (tertiary/aromatic N) is 2. The van der Waals surface area contributed by atoms with Gasteiger partial charge in [0.2, 0.25) is 5.91 Å². The van der Waals surface area contributed by atoms with Crippen LogP contribution >= 0.6 is 27.7 Å². The fraction of sp³-hybridized carbons (Fsp3) is 0.375. The van der Waals surface area contributed by atoms with Crippen LogP contribution in [-0.2, 0) is 4.79 Å². The molecule has 0 unspecified atom stereocenters. The summed E-state index contributed by atoms with van der Waals surface area (Å²) in [5.41, 5.74) is 4.88. The third-order valence-electron chi connectivity index (χ3n) is 5.73. The van der Waals surface area contributed by atoms with Crippen LogP contribution in [0.1, 0.15) is 48.8 Å². The minimum atomic E-state index is -0.326. The molecule has 1 saturated carbocycles. The number of thioether (sulfide) groups is 1. The normalized spacial score (nSPS) is 17.6. The van der Waals surface area contributed by atoms with Crippen molar-refractivity contribution in [3.05, 3.63) is 63.6 Å². The van der Waals surface area contributed by atoms with Crippen molar-refractivity contribution < 1.29 is 4.79 Å². The lowest BCUT2D eigenvalue weighted by atomic mass is 9.90. The monoisotopic (exact) mass is 483 g/mol. The zero-order valence-corrected chi connectivity index (χ0v) is 19.8. The molecule has 1 fully saturated rings. The molecule has 4 rings (SSSR count). The maximum atomic E-state index is 12.6. The maximum Gasteiger partial charge on any atom is 0.234 e. The second kappa shape index (κ2) is 9.06. The Morgan fingerprint density at radius 3 is 2.47 bits per heavy atom. The van der Waals surface area contributed by atoms with E-state index in [0.717, 1.165) is 52.2 Å². The summed E-state index contributed by atoms with van der Waals surface area (Å²) in [5, 5.41) is 3.89. The number of carbonyl (C=O) groups is 1. The minimum absolute atomic E-state index is 0.0225. The molecule has 1 amide bonds. The Bertz CT molecular complexity index is 1010. The Hall–Kier alpha value is -1.92. The molecular formula is C24H26BrN3OS. The van der Waals surface area contributed by atoms with E-state index in [1.54, 1.807) is 0 Å². The summed E-state index contributed by atoms with van der Waals surface area (Å²) in [4.78, 5) is 22.7. The molecule has 0 atom stereocenters. The number of amides is 1. The van der Waals surface area contributed by atoms with Crippen molar-refractivity contribution >= 4 is 50.0 Å². The smallest absolute Gasteiger partial charge is 0.234 e. The molecule has 0 radical (unpaired) electrons. The Kier molecular flexibility index (Phi) is 6.44. The van der Waals surface area contributed by atoms with E-state index in [-0.39, 0.29) is 11.6 Å². The van der Waals surface area contributed by atoms with E-state index in [1.807, 2.05) is 30.3 Å². The molecule has 1 aliphatic carbocycles. The van der Waals surface area contributed by atoms with E-state index in [0.29, 0.717) is 5.75 Å². The van der Waals surface area contributed by atoms with Crippen LogP contribution in [0.15, 0.2) is 56.9 Å². The highest BCUT2D eigenvalue weighted by atomic mass is 79.9. The van der Waals surface area contributed by atoms with Crippen molar-refractivity contribution in [3.63, 3.8) is 0 Å². The first-order chi connectivity index (χ1) is 14.4. The molecule has 1 N–H and O–H groups in total. The second-order valence-electron chi connectivity index (χ2n) is 8.06. The van der Waals surface area contributed by atoms with Gasteiger partial charge >= 0.3 is 0 Å². The second-order valence-corrected chi connectivity index (χ2v) is 9.94. The van der Waals surface area contributed by atoms with Gasteiger partial charge < -0.3 is 5.32 Å². The van der Waals surface area contributed by atoms with Crippen LogP contribution in [-0.4, -0.2) is 28.1 Å². The molecule has 1 heterocycles. The zero-order chi connectivity index (χ0) is 21.1. The van der Waals surface area contributed by atoms with Crippen molar-refractivity contribution in [1.29, 1.82) is 0 Å². The van der Waals surface area contributed by atoms with E-state index in [4.69, 9.17) is 9.98 Å². The highest BCUT2D eigenvalue weighted by Crippen LogP contribution is 2.38. The van der Waals surface area contributed by atoms with Crippen LogP contribution in [0.25, 0.3) is 0 Å². The van der Waals surface area contributed by atoms with E-state index in [2.05, 4.69) is 47.2 Å². The van der Waals surface area contributed by atoms with Gasteiger partial charge in [-0.15, -0.1) is 0 Å². The van der Waals surface area contributed by atoms with Gasteiger partial charge in [-0.25, -0.2) is 4.99 Å². The lowest BCUT2D eigenvalue weighted by Gasteiger charge is -2.27. The highest BCUT2D eigenvalue weighted by molar-refractivity contribution is 9.10. The molecule has 2 aromatic carbocycles. The van der Waals surface area contributed by atoms with Gasteiger partial charge in [0.15, 0.2) is 5.66 Å². The van der Waals surface area contributed by atoms with Gasteiger partial charge in [0.25, 0.3) is 0 Å². The van der Waals surface area contributed by atoms with E-state index in [9.17, 15) is 4.79 Å². The molecule has 2 aliphatic rings. The van der Waals surface area contributed by atoms with Gasteiger partial charge in [0, 0.05) is 15.7 Å². The van der Waals surface area contributed by atoms with Gasteiger partial charge in [-0.2, -0.15) is 0 Å². The number of nitrogens with one attached hydrogen (secondary N) is 1. The topological polar surface area (TPSA) is 53.8 Å². The van der Waals surface area contributed by atoms with Gasteiger partial charge in [-0.05, 0) is 74.9 Å². The van der Waals surface area contributed by atoms with E-state index < -0.39 is 0 Å². The molecule has 0 bridgehead atoms. The summed E-state index contributed by atoms with van der Waals surface area (Å²) in [5.74, 6) is 0.294. The summed E-state index contributed by atoms with van der Waals surface area (Å²) >= 11 is 4.99. The third kappa shape index (κ3) is 4.86. The summed E-state index contributed by atoms with van der Waals surface area (Å²) in [6.45, 7) is 4.12. The largest absolute Gasteiger partial charge is 0.325 e. The Labute approximate surface area is 190 Å². The molecule has 0 aromatic heterocycles. The van der Waals surface area contributed by atoms with Crippen LogP contribution in [0.5, 0.6) is 0 Å². The summed E-state index contributed by atoms with van der Waals surface area (Å²) in [7, 11) is 0. The molecule has 1 spiro atoms. The van der Waals surface area contributed by atoms with Gasteiger partial charge in [0.1, 0.15) is 5.04 Å². The molecule has 1 aliphatic heterocycles. The van der Waals surface area contributed by atoms with Crippen molar-refractivity contribution in [2.24, 2.45) is 9.98 Å². The quantitative estimate of drug-likeness (QED) is 0.554. The Balaban J connectivity index is 1.49. The zero-order valence-electron chi connectivity index (χ0n) is 17.4. The standard InChI is InChI=1S/C24H26BrN3OS/c1-16-6-11-20(14-17(16)2)26-21(29)15-30-23-22(18-7-9-19(25)10-8-18)27-24(28-23)12-4-3-5-13-24/h6-11,14H,3-5,12-13,15H2,1-2H3,(H,26,29). The third-order valence-corrected chi connectivity index (χ3v) is 7.23. The fourth-order valence-electron chi connectivity index (χ4n) is 3.91. The summed E-state index contributed by atoms with van der Waals surface area (Å²) < 4.78 is 1.04. The number of aryl methyl sites for hydroxylation is 2. The molecule has 30 heavy (non-hydrogen) atoms. The van der Waals surface area contributed by atoms with Gasteiger partial charge in [-0.3, -0.25) is 9.79 Å². The first-order valence-corrected chi connectivity index (χ1v) is 12.2. The van der Waals surface area contributed by atoms with Gasteiger partial charge in [-0.1, -0.05) is 52.3 Å². The number of anilines is 1. The lowest BCUT2D eigenvalue weighted by Crippen LogP contribution is -2.25. The van der Waals surface area contributed by atoms with Crippen LogP contribution in [0.4, 0.5) is 5.69 Å². The minimum Gasteiger partial charge on any atom is -0.325 e. The predicted molar refractivity (Wildman–Crippen MR) is 131 cm³/mol. The van der Waals surface area contributed by atoms with E-state index in [1.165, 1.54) is 29.3 Å². The predicted octanol–water partition coefficient (Wildman–Crippen LogP) is 6.30. The average molecular weight is 484 g/mol. The summed E-state index contributed by atoms with van der Waals surface area (Å²) in [6, 6.07) is 14.2. The average Bonchev–Trinajstić information content (AvgIpc) is 3.08. The highest BCUT2D eigenvalue weighted by Gasteiger charge is 2.37. The number of hydrogen-bond donors (Lipinski definition) is 1. The lowest BCUT2D eigenvalue weighted by molar-refractivity contribution is -0.113. The van der Waals surface area contributed by atoms with Crippen molar-refractivity contribution in [1.82, 2.24) is 0 Å². The van der Waals surface area contributed by atoms with Crippen LogP contribution in [0, 0.1) is 13.8 Å². The van der Waals surface area contributed by atoms with Crippen molar-refractivity contribution in [2.75, 3.05) is 11.1 Å². The molecule has 2 aromatic rings. The fourth-order valence-corrected chi connectivity index (χ4v) is 5.05. The van der Waals surface area contributed by atoms with E-state index >= 15 is 0 Å². The molecule has 6 heteroatoms. The van der Waals surface area contributed by atoms with Gasteiger partial charge in [0.05, 0.1) is 11.5 Å². The van der Waals surface area contributed by atoms with Crippen molar-refractivity contribution in [3.8, 4) is 0 Å². The van der Waals surface area contributed by atoms with Crippen LogP contribution < -0.4 is 5.32 Å². The number of halogens is 1. The Morgan fingerprint density at radius 1 is 1.03 bits per heavy atom. The Morgan fingerprint density at radius 2 is 1.77 bits per heavy atom. The first kappa shape index (κ1) is 21.3. The number of rotatable bonds is 4. The number of hydrogen-bond acceptors (Lipinski definition) is 4. The number of carbonyl (C=O) groups excluding carboxylic acids is 1.